The average molecular weight is 410 g/mol. The van der Waals surface area contributed by atoms with Crippen LogP contribution in [0.4, 0.5) is 0 Å². The van der Waals surface area contributed by atoms with Crippen molar-refractivity contribution in [3.63, 3.8) is 0 Å². The molecule has 0 aliphatic rings. The van der Waals surface area contributed by atoms with Gasteiger partial charge < -0.3 is 9.47 Å². The number of amides is 1. The van der Waals surface area contributed by atoms with Crippen LogP contribution >= 0.6 is 11.6 Å². The van der Waals surface area contributed by atoms with Crippen LogP contribution in [0.3, 0.4) is 0 Å². The molecular weight excluding hydrogens is 390 g/mol. The van der Waals surface area contributed by atoms with E-state index in [0.717, 1.165) is 11.1 Å². The number of ether oxygens (including phenoxy) is 2. The van der Waals surface area contributed by atoms with Gasteiger partial charge in [-0.3, -0.25) is 4.79 Å². The summed E-state index contributed by atoms with van der Waals surface area (Å²) in [6.07, 6.45) is 1.52. The smallest absolute Gasteiger partial charge is 0.274 e. The van der Waals surface area contributed by atoms with E-state index in [1.165, 1.54) is 6.20 Å². The summed E-state index contributed by atoms with van der Waals surface area (Å²) in [6.45, 7) is 2.22. The van der Waals surface area contributed by atoms with Crippen LogP contribution in [0.1, 0.15) is 28.4 Å². The quantitative estimate of drug-likeness (QED) is 0.355. The lowest BCUT2D eigenvalue weighted by Crippen LogP contribution is -2.20. The van der Waals surface area contributed by atoms with E-state index < -0.39 is 5.91 Å². The molecular formula is C22H20ClN3O3. The first-order chi connectivity index (χ1) is 14.1. The third kappa shape index (κ3) is 5.33. The molecule has 148 valence electrons. The molecule has 0 fully saturated rings. The molecule has 6 nitrogen and oxygen atoms in total. The van der Waals surface area contributed by atoms with Gasteiger partial charge in [0.25, 0.3) is 5.91 Å². The van der Waals surface area contributed by atoms with Crippen LogP contribution in [0.5, 0.6) is 11.5 Å². The van der Waals surface area contributed by atoms with Gasteiger partial charge in [0.2, 0.25) is 0 Å². The molecule has 1 aromatic heterocycles. The van der Waals surface area contributed by atoms with Crippen molar-refractivity contribution in [3.8, 4) is 11.5 Å². The maximum atomic E-state index is 12.2. The number of hydrazone groups is 1. The van der Waals surface area contributed by atoms with Gasteiger partial charge in [-0.05, 0) is 42.8 Å². The Morgan fingerprint density at radius 1 is 1.10 bits per heavy atom. The predicted molar refractivity (Wildman–Crippen MR) is 113 cm³/mol. The molecule has 3 aromatic rings. The summed E-state index contributed by atoms with van der Waals surface area (Å²) < 4.78 is 11.3. The number of hydrogen-bond donors (Lipinski definition) is 1. The predicted octanol–water partition coefficient (Wildman–Crippen LogP) is 4.48. The minimum atomic E-state index is -0.433. The van der Waals surface area contributed by atoms with Gasteiger partial charge in [0, 0.05) is 11.8 Å². The number of nitrogens with zero attached hydrogens (tertiary/aromatic N) is 2. The zero-order valence-corrected chi connectivity index (χ0v) is 16.8. The summed E-state index contributed by atoms with van der Waals surface area (Å²) in [5, 5.41) is 4.27. The van der Waals surface area contributed by atoms with Gasteiger partial charge in [-0.2, -0.15) is 5.10 Å². The molecule has 2 aromatic carbocycles. The molecule has 1 heterocycles. The fourth-order valence-electron chi connectivity index (χ4n) is 2.56. The second kappa shape index (κ2) is 9.71. The number of carbonyl (C=O) groups is 1. The van der Waals surface area contributed by atoms with E-state index in [-0.39, 0.29) is 10.7 Å². The molecule has 0 aliphatic heterocycles. The Balaban J connectivity index is 1.70. The van der Waals surface area contributed by atoms with Crippen LogP contribution in [0.25, 0.3) is 0 Å². The third-order valence-corrected chi connectivity index (χ3v) is 4.45. The summed E-state index contributed by atoms with van der Waals surface area (Å²) in [7, 11) is 1.58. The number of methoxy groups -OCH3 is 1. The van der Waals surface area contributed by atoms with Crippen molar-refractivity contribution < 1.29 is 14.3 Å². The lowest BCUT2D eigenvalue weighted by atomic mass is 10.1. The molecule has 0 saturated carbocycles. The maximum absolute atomic E-state index is 12.2. The Kier molecular flexibility index (Phi) is 6.81. The molecule has 0 radical (unpaired) electrons. The fourth-order valence-corrected chi connectivity index (χ4v) is 2.77. The molecule has 7 heteroatoms. The Morgan fingerprint density at radius 2 is 1.90 bits per heavy atom. The lowest BCUT2D eigenvalue weighted by Gasteiger charge is -2.12. The zero-order valence-electron chi connectivity index (χ0n) is 16.1. The van der Waals surface area contributed by atoms with E-state index >= 15 is 0 Å². The molecule has 3 rings (SSSR count). The summed E-state index contributed by atoms with van der Waals surface area (Å²) in [5.74, 6) is 0.769. The fraction of sp³-hybridized carbons (Fsp3) is 0.136. The van der Waals surface area contributed by atoms with E-state index in [1.807, 2.05) is 48.5 Å². The van der Waals surface area contributed by atoms with Gasteiger partial charge in [0.05, 0.1) is 18.4 Å². The highest BCUT2D eigenvalue weighted by Gasteiger charge is 2.11. The van der Waals surface area contributed by atoms with Gasteiger partial charge >= 0.3 is 0 Å². The van der Waals surface area contributed by atoms with E-state index in [0.29, 0.717) is 23.8 Å². The number of rotatable bonds is 7. The minimum Gasteiger partial charge on any atom is -0.493 e. The largest absolute Gasteiger partial charge is 0.493 e. The van der Waals surface area contributed by atoms with Crippen LogP contribution in [0, 0.1) is 0 Å². The number of nitrogens with one attached hydrogen (secondary N) is 1. The van der Waals surface area contributed by atoms with E-state index in [1.54, 1.807) is 26.2 Å². The summed E-state index contributed by atoms with van der Waals surface area (Å²) in [6, 6.07) is 18.6. The number of halogens is 1. The topological polar surface area (TPSA) is 72.8 Å². The maximum Gasteiger partial charge on any atom is 0.274 e. The number of aromatic nitrogens is 1. The van der Waals surface area contributed by atoms with Crippen molar-refractivity contribution in [2.45, 2.75) is 13.5 Å². The van der Waals surface area contributed by atoms with Crippen LogP contribution in [-0.2, 0) is 6.61 Å². The van der Waals surface area contributed by atoms with Gasteiger partial charge in [0.15, 0.2) is 11.5 Å². The first kappa shape index (κ1) is 20.4. The van der Waals surface area contributed by atoms with Crippen LogP contribution in [-0.4, -0.2) is 23.7 Å². The standard InChI is InChI=1S/C22H20ClN3O3/c1-15(25-26-22(27)18-9-6-12-24-21(18)23)17-10-11-19(20(13-17)28-2)29-14-16-7-4-3-5-8-16/h3-13H,14H2,1-2H3,(H,26,27). The van der Waals surface area contributed by atoms with Gasteiger partial charge in [-0.15, -0.1) is 0 Å². The first-order valence-corrected chi connectivity index (χ1v) is 9.26. The molecule has 0 bridgehead atoms. The van der Waals surface area contributed by atoms with E-state index in [4.69, 9.17) is 21.1 Å². The van der Waals surface area contributed by atoms with Crippen molar-refractivity contribution in [1.82, 2.24) is 10.4 Å². The van der Waals surface area contributed by atoms with Crippen molar-refractivity contribution in [2.75, 3.05) is 7.11 Å². The van der Waals surface area contributed by atoms with Crippen molar-refractivity contribution in [1.29, 1.82) is 0 Å². The first-order valence-electron chi connectivity index (χ1n) is 8.88. The highest BCUT2D eigenvalue weighted by molar-refractivity contribution is 6.32. The minimum absolute atomic E-state index is 0.124. The molecule has 29 heavy (non-hydrogen) atoms. The van der Waals surface area contributed by atoms with Crippen LogP contribution < -0.4 is 14.9 Å². The summed E-state index contributed by atoms with van der Waals surface area (Å²) in [5.41, 5.74) is 5.20. The number of pyridine rings is 1. The highest BCUT2D eigenvalue weighted by Crippen LogP contribution is 2.29. The zero-order chi connectivity index (χ0) is 20.6. The van der Waals surface area contributed by atoms with Crippen molar-refractivity contribution in [2.24, 2.45) is 5.10 Å². The molecule has 0 saturated heterocycles. The van der Waals surface area contributed by atoms with Gasteiger partial charge in [0.1, 0.15) is 11.8 Å². The number of carbonyl (C=O) groups excluding carboxylic acids is 1. The SMILES string of the molecule is COc1cc(C(C)=NNC(=O)c2cccnc2Cl)ccc1OCc1ccccc1. The highest BCUT2D eigenvalue weighted by atomic mass is 35.5. The van der Waals surface area contributed by atoms with Crippen LogP contribution in [0.15, 0.2) is 72.0 Å². The Labute approximate surface area is 174 Å². The monoisotopic (exact) mass is 409 g/mol. The Morgan fingerprint density at radius 3 is 2.62 bits per heavy atom. The third-order valence-electron chi connectivity index (χ3n) is 4.15. The molecule has 0 unspecified atom stereocenters. The molecule has 0 aliphatic carbocycles. The summed E-state index contributed by atoms with van der Waals surface area (Å²) >= 11 is 5.93. The average Bonchev–Trinajstić information content (AvgIpc) is 2.76. The second-order valence-electron chi connectivity index (χ2n) is 6.12. The Hall–Kier alpha value is -3.38. The van der Waals surface area contributed by atoms with Gasteiger partial charge in [-0.25, -0.2) is 10.4 Å². The molecule has 1 N–H and O–H groups in total. The number of benzene rings is 2. The molecule has 0 atom stereocenters. The Bertz CT molecular complexity index is 1020. The van der Waals surface area contributed by atoms with Crippen molar-refractivity contribution >= 4 is 23.2 Å². The number of hydrogen-bond acceptors (Lipinski definition) is 5. The normalized spacial score (nSPS) is 11.1. The van der Waals surface area contributed by atoms with E-state index in [2.05, 4.69) is 15.5 Å². The van der Waals surface area contributed by atoms with Gasteiger partial charge in [-0.1, -0.05) is 41.9 Å². The molecule has 1 amide bonds. The lowest BCUT2D eigenvalue weighted by molar-refractivity contribution is 0.0954. The van der Waals surface area contributed by atoms with Crippen LogP contribution in [0.2, 0.25) is 5.15 Å². The molecule has 0 spiro atoms. The second-order valence-corrected chi connectivity index (χ2v) is 6.48. The van der Waals surface area contributed by atoms with Crippen molar-refractivity contribution in [3.05, 3.63) is 88.7 Å². The van der Waals surface area contributed by atoms with E-state index in [9.17, 15) is 4.79 Å². The summed E-state index contributed by atoms with van der Waals surface area (Å²) in [4.78, 5) is 16.1.